The largest absolute Gasteiger partial charge is 0.481 e. The minimum Gasteiger partial charge on any atom is -0.481 e. The summed E-state index contributed by atoms with van der Waals surface area (Å²) < 4.78 is 0. The standard InChI is InChI=1S/C14H26N2O3/c1-14(2,3)12(15)13(19)16-8-4-5-10(9-16)6-7-11(17)18/h10,12H,4-9,15H2,1-3H3,(H,17,18). The van der Waals surface area contributed by atoms with Crippen LogP contribution in [-0.4, -0.2) is 41.0 Å². The molecule has 0 spiro atoms. The maximum Gasteiger partial charge on any atom is 0.303 e. The van der Waals surface area contributed by atoms with E-state index in [2.05, 4.69) is 0 Å². The maximum atomic E-state index is 12.3. The Morgan fingerprint density at radius 1 is 1.42 bits per heavy atom. The zero-order valence-electron chi connectivity index (χ0n) is 12.2. The Hall–Kier alpha value is -1.10. The number of aliphatic carboxylic acids is 1. The van der Waals surface area contributed by atoms with Gasteiger partial charge in [-0.2, -0.15) is 0 Å². The molecule has 0 aromatic rings. The molecule has 0 aliphatic carbocycles. The molecule has 0 aromatic heterocycles. The van der Waals surface area contributed by atoms with E-state index in [1.54, 1.807) is 0 Å². The number of nitrogens with two attached hydrogens (primary N) is 1. The number of amides is 1. The molecule has 5 heteroatoms. The van der Waals surface area contributed by atoms with Crippen LogP contribution in [-0.2, 0) is 9.59 Å². The average Bonchev–Trinajstić information content (AvgIpc) is 2.33. The van der Waals surface area contributed by atoms with Crippen molar-refractivity contribution >= 4 is 11.9 Å². The molecule has 2 unspecified atom stereocenters. The van der Waals surface area contributed by atoms with Gasteiger partial charge in [0.15, 0.2) is 0 Å². The fourth-order valence-corrected chi connectivity index (χ4v) is 2.40. The van der Waals surface area contributed by atoms with Gasteiger partial charge in [-0.05, 0) is 30.6 Å². The molecule has 1 saturated heterocycles. The number of nitrogens with zero attached hydrogens (tertiary/aromatic N) is 1. The van der Waals surface area contributed by atoms with Crippen molar-refractivity contribution < 1.29 is 14.7 Å². The van der Waals surface area contributed by atoms with Crippen molar-refractivity contribution in [3.05, 3.63) is 0 Å². The molecular weight excluding hydrogens is 244 g/mol. The first-order valence-corrected chi connectivity index (χ1v) is 6.98. The first kappa shape index (κ1) is 16.0. The summed E-state index contributed by atoms with van der Waals surface area (Å²) >= 11 is 0. The summed E-state index contributed by atoms with van der Waals surface area (Å²) in [5.74, 6) is -0.483. The third-order valence-electron chi connectivity index (χ3n) is 3.80. The predicted molar refractivity (Wildman–Crippen MR) is 73.6 cm³/mol. The first-order chi connectivity index (χ1) is 8.71. The van der Waals surface area contributed by atoms with E-state index >= 15 is 0 Å². The zero-order chi connectivity index (χ0) is 14.6. The highest BCUT2D eigenvalue weighted by molar-refractivity contribution is 5.82. The molecule has 0 bridgehead atoms. The normalized spacial score (nSPS) is 22.1. The third-order valence-corrected chi connectivity index (χ3v) is 3.80. The van der Waals surface area contributed by atoms with Crippen molar-refractivity contribution in [2.24, 2.45) is 17.1 Å². The predicted octanol–water partition coefficient (Wildman–Crippen LogP) is 1.46. The van der Waals surface area contributed by atoms with Crippen LogP contribution < -0.4 is 5.73 Å². The van der Waals surface area contributed by atoms with Gasteiger partial charge in [-0.25, -0.2) is 0 Å². The van der Waals surface area contributed by atoms with Crippen LogP contribution in [0.4, 0.5) is 0 Å². The van der Waals surface area contributed by atoms with Crippen molar-refractivity contribution in [2.75, 3.05) is 13.1 Å². The summed E-state index contributed by atoms with van der Waals surface area (Å²) in [6.07, 6.45) is 2.76. The summed E-state index contributed by atoms with van der Waals surface area (Å²) in [4.78, 5) is 24.7. The lowest BCUT2D eigenvalue weighted by Gasteiger charge is -2.37. The van der Waals surface area contributed by atoms with E-state index < -0.39 is 12.0 Å². The van der Waals surface area contributed by atoms with Crippen molar-refractivity contribution in [1.82, 2.24) is 4.90 Å². The summed E-state index contributed by atoms with van der Waals surface area (Å²) in [5, 5.41) is 8.71. The summed E-state index contributed by atoms with van der Waals surface area (Å²) in [5.41, 5.74) is 5.76. The number of carbonyl (C=O) groups excluding carboxylic acids is 1. The molecule has 1 heterocycles. The number of carboxylic acid groups (broad SMARTS) is 1. The number of likely N-dealkylation sites (tertiary alicyclic amines) is 1. The van der Waals surface area contributed by atoms with Gasteiger partial charge in [0.1, 0.15) is 0 Å². The first-order valence-electron chi connectivity index (χ1n) is 6.98. The Bertz CT molecular complexity index is 336. The molecule has 19 heavy (non-hydrogen) atoms. The van der Waals surface area contributed by atoms with Gasteiger partial charge in [0.25, 0.3) is 0 Å². The number of hydrogen-bond acceptors (Lipinski definition) is 3. The Kier molecular flexibility index (Phi) is 5.35. The number of piperidine rings is 1. The Morgan fingerprint density at radius 2 is 2.05 bits per heavy atom. The van der Waals surface area contributed by atoms with Gasteiger partial charge in [0.2, 0.25) is 5.91 Å². The highest BCUT2D eigenvalue weighted by Gasteiger charge is 2.33. The molecule has 2 atom stereocenters. The van der Waals surface area contributed by atoms with Crippen LogP contribution in [0, 0.1) is 11.3 Å². The molecule has 5 nitrogen and oxygen atoms in total. The SMILES string of the molecule is CC(C)(C)C(N)C(=O)N1CCCC(CCC(=O)O)C1. The molecule has 1 fully saturated rings. The van der Waals surface area contributed by atoms with Crippen molar-refractivity contribution in [1.29, 1.82) is 0 Å². The lowest BCUT2D eigenvalue weighted by Crippen LogP contribution is -2.52. The van der Waals surface area contributed by atoms with Crippen LogP contribution >= 0.6 is 0 Å². The summed E-state index contributed by atoms with van der Waals surface area (Å²) in [7, 11) is 0. The maximum absolute atomic E-state index is 12.3. The third kappa shape index (κ3) is 4.82. The van der Waals surface area contributed by atoms with Gasteiger partial charge in [0, 0.05) is 19.5 Å². The monoisotopic (exact) mass is 270 g/mol. The number of carboxylic acids is 1. The average molecular weight is 270 g/mol. The van der Waals surface area contributed by atoms with Gasteiger partial charge >= 0.3 is 5.97 Å². The van der Waals surface area contributed by atoms with Crippen LogP contribution in [0.1, 0.15) is 46.5 Å². The van der Waals surface area contributed by atoms with Gasteiger partial charge in [-0.15, -0.1) is 0 Å². The lowest BCUT2D eigenvalue weighted by molar-refractivity contribution is -0.137. The van der Waals surface area contributed by atoms with Gasteiger partial charge in [0.05, 0.1) is 6.04 Å². The highest BCUT2D eigenvalue weighted by atomic mass is 16.4. The fraction of sp³-hybridized carbons (Fsp3) is 0.857. The second-order valence-corrected chi connectivity index (χ2v) is 6.57. The molecular formula is C14H26N2O3. The minimum absolute atomic E-state index is 0.00692. The molecule has 1 aliphatic rings. The van der Waals surface area contributed by atoms with E-state index in [4.69, 9.17) is 10.8 Å². The van der Waals surface area contributed by atoms with Gasteiger partial charge < -0.3 is 15.7 Å². The number of hydrogen-bond donors (Lipinski definition) is 2. The Labute approximate surface area is 115 Å². The summed E-state index contributed by atoms with van der Waals surface area (Å²) in [6, 6.07) is -0.495. The van der Waals surface area contributed by atoms with Crippen LogP contribution in [0.3, 0.4) is 0 Å². The zero-order valence-corrected chi connectivity index (χ0v) is 12.2. The molecule has 3 N–H and O–H groups in total. The van der Waals surface area contributed by atoms with Crippen LogP contribution in [0.5, 0.6) is 0 Å². The van der Waals surface area contributed by atoms with Crippen LogP contribution in [0.15, 0.2) is 0 Å². The molecule has 0 radical (unpaired) electrons. The second-order valence-electron chi connectivity index (χ2n) is 6.57. The van der Waals surface area contributed by atoms with Crippen molar-refractivity contribution in [3.63, 3.8) is 0 Å². The van der Waals surface area contributed by atoms with Gasteiger partial charge in [-0.1, -0.05) is 20.8 Å². The van der Waals surface area contributed by atoms with Crippen molar-refractivity contribution in [3.8, 4) is 0 Å². The van der Waals surface area contributed by atoms with Crippen LogP contribution in [0.25, 0.3) is 0 Å². The topological polar surface area (TPSA) is 83.6 Å². The van der Waals surface area contributed by atoms with E-state index in [1.807, 2.05) is 25.7 Å². The smallest absolute Gasteiger partial charge is 0.303 e. The van der Waals surface area contributed by atoms with E-state index in [0.717, 1.165) is 19.4 Å². The fourth-order valence-electron chi connectivity index (χ4n) is 2.40. The van der Waals surface area contributed by atoms with E-state index in [-0.39, 0.29) is 17.7 Å². The molecule has 1 rings (SSSR count). The second kappa shape index (κ2) is 6.37. The van der Waals surface area contributed by atoms with E-state index in [9.17, 15) is 9.59 Å². The number of carbonyl (C=O) groups is 2. The minimum atomic E-state index is -0.769. The Morgan fingerprint density at radius 3 is 2.58 bits per heavy atom. The quantitative estimate of drug-likeness (QED) is 0.810. The molecule has 1 amide bonds. The summed E-state index contributed by atoms with van der Waals surface area (Å²) in [6.45, 7) is 7.27. The molecule has 1 aliphatic heterocycles. The lowest BCUT2D eigenvalue weighted by atomic mass is 9.85. The molecule has 0 aromatic carbocycles. The van der Waals surface area contributed by atoms with E-state index in [0.29, 0.717) is 18.9 Å². The highest BCUT2D eigenvalue weighted by Crippen LogP contribution is 2.24. The Balaban J connectivity index is 2.54. The number of rotatable bonds is 4. The van der Waals surface area contributed by atoms with E-state index in [1.165, 1.54) is 0 Å². The molecule has 110 valence electrons. The van der Waals surface area contributed by atoms with Crippen LogP contribution in [0.2, 0.25) is 0 Å². The van der Waals surface area contributed by atoms with Gasteiger partial charge in [-0.3, -0.25) is 9.59 Å². The molecule has 0 saturated carbocycles. The van der Waals surface area contributed by atoms with Crippen molar-refractivity contribution in [2.45, 2.75) is 52.5 Å².